The van der Waals surface area contributed by atoms with Crippen LogP contribution in [0.2, 0.25) is 0 Å². The second-order valence-electron chi connectivity index (χ2n) is 6.96. The summed E-state index contributed by atoms with van der Waals surface area (Å²) in [6, 6.07) is 6.55. The number of hydrogen-bond acceptors (Lipinski definition) is 5. The van der Waals surface area contributed by atoms with Crippen molar-refractivity contribution in [3.05, 3.63) is 29.8 Å². The Bertz CT molecular complexity index is 682. The third-order valence-electron chi connectivity index (χ3n) is 5.58. The van der Waals surface area contributed by atoms with Crippen LogP contribution in [0.1, 0.15) is 44.0 Å². The zero-order valence-corrected chi connectivity index (χ0v) is 14.3. The number of amides is 1. The number of carboxylic acids is 1. The number of nitrogens with one attached hydrogen (secondary N) is 1. The maximum Gasteiger partial charge on any atom is 0.339 e. The van der Waals surface area contributed by atoms with E-state index < -0.39 is 28.7 Å². The van der Waals surface area contributed by atoms with Gasteiger partial charge < -0.3 is 20.0 Å². The summed E-state index contributed by atoms with van der Waals surface area (Å²) < 4.78 is 4.71. The summed E-state index contributed by atoms with van der Waals surface area (Å²) in [4.78, 5) is 36.1. The molecule has 6 heteroatoms. The van der Waals surface area contributed by atoms with Gasteiger partial charge in [0.15, 0.2) is 0 Å². The van der Waals surface area contributed by atoms with Crippen molar-refractivity contribution in [1.82, 2.24) is 0 Å². The van der Waals surface area contributed by atoms with Crippen molar-refractivity contribution in [2.75, 3.05) is 12.4 Å². The van der Waals surface area contributed by atoms with Crippen LogP contribution in [0.3, 0.4) is 0 Å². The SMILES string of the molecule is COC(=O)c1ccccc1NC(=O)[C@H]1CC[C@](C)(C(=O)[O-])C1(C)C. The normalized spacial score (nSPS) is 25.1. The monoisotopic (exact) mass is 332 g/mol. The first-order chi connectivity index (χ1) is 11.1. The lowest BCUT2D eigenvalue weighted by Crippen LogP contribution is -2.49. The van der Waals surface area contributed by atoms with Crippen molar-refractivity contribution in [3.8, 4) is 0 Å². The smallest absolute Gasteiger partial charge is 0.339 e. The number of carbonyl (C=O) groups excluding carboxylic acids is 3. The van der Waals surface area contributed by atoms with Gasteiger partial charge in [-0.15, -0.1) is 0 Å². The molecule has 1 fully saturated rings. The summed E-state index contributed by atoms with van der Waals surface area (Å²) >= 11 is 0. The van der Waals surface area contributed by atoms with Crippen molar-refractivity contribution >= 4 is 23.5 Å². The van der Waals surface area contributed by atoms with Crippen LogP contribution in [0.4, 0.5) is 5.69 Å². The van der Waals surface area contributed by atoms with Gasteiger partial charge in [-0.05, 0) is 30.4 Å². The Hall–Kier alpha value is -2.37. The molecule has 0 saturated heterocycles. The lowest BCUT2D eigenvalue weighted by molar-refractivity contribution is -0.323. The highest BCUT2D eigenvalue weighted by molar-refractivity contribution is 6.02. The number of carboxylic acid groups (broad SMARTS) is 1. The van der Waals surface area contributed by atoms with Crippen LogP contribution >= 0.6 is 0 Å². The molecule has 0 bridgehead atoms. The Morgan fingerprint density at radius 2 is 1.83 bits per heavy atom. The molecule has 0 heterocycles. The summed E-state index contributed by atoms with van der Waals surface area (Å²) in [5, 5.41) is 14.3. The van der Waals surface area contributed by atoms with Gasteiger partial charge in [-0.2, -0.15) is 0 Å². The number of para-hydroxylation sites is 1. The predicted molar refractivity (Wildman–Crippen MR) is 86.0 cm³/mol. The van der Waals surface area contributed by atoms with Gasteiger partial charge >= 0.3 is 5.97 Å². The van der Waals surface area contributed by atoms with E-state index in [1.165, 1.54) is 7.11 Å². The molecule has 0 aromatic heterocycles. The average Bonchev–Trinajstić information content (AvgIpc) is 2.78. The number of esters is 1. The van der Waals surface area contributed by atoms with E-state index in [2.05, 4.69) is 5.32 Å². The van der Waals surface area contributed by atoms with E-state index in [0.29, 0.717) is 18.5 Å². The number of aliphatic carboxylic acids is 1. The van der Waals surface area contributed by atoms with Gasteiger partial charge in [0.05, 0.1) is 18.4 Å². The molecule has 1 N–H and O–H groups in total. The van der Waals surface area contributed by atoms with E-state index in [9.17, 15) is 19.5 Å². The fourth-order valence-electron chi connectivity index (χ4n) is 3.42. The van der Waals surface area contributed by atoms with Crippen molar-refractivity contribution in [2.45, 2.75) is 33.6 Å². The number of ether oxygens (including phenoxy) is 1. The Morgan fingerprint density at radius 1 is 1.21 bits per heavy atom. The van der Waals surface area contributed by atoms with Crippen LogP contribution in [0.25, 0.3) is 0 Å². The minimum atomic E-state index is -1.14. The van der Waals surface area contributed by atoms with Gasteiger partial charge in [0, 0.05) is 17.3 Å². The zero-order chi connectivity index (χ0) is 18.1. The number of benzene rings is 1. The Labute approximate surface area is 141 Å². The molecular weight excluding hydrogens is 310 g/mol. The van der Waals surface area contributed by atoms with Crippen LogP contribution in [-0.2, 0) is 14.3 Å². The van der Waals surface area contributed by atoms with Gasteiger partial charge in [-0.25, -0.2) is 4.79 Å². The third kappa shape index (κ3) is 2.77. The first-order valence-electron chi connectivity index (χ1n) is 7.85. The highest BCUT2D eigenvalue weighted by atomic mass is 16.5. The molecule has 1 saturated carbocycles. The second kappa shape index (κ2) is 6.26. The molecule has 2 rings (SSSR count). The molecular formula is C18H22NO5-. The summed E-state index contributed by atoms with van der Waals surface area (Å²) in [6.07, 6.45) is 0.822. The van der Waals surface area contributed by atoms with E-state index in [0.717, 1.165) is 0 Å². The first-order valence-corrected chi connectivity index (χ1v) is 7.85. The van der Waals surface area contributed by atoms with Gasteiger partial charge in [-0.3, -0.25) is 4.79 Å². The van der Waals surface area contributed by atoms with Crippen LogP contribution in [0.15, 0.2) is 24.3 Å². The van der Waals surface area contributed by atoms with Crippen LogP contribution in [0, 0.1) is 16.7 Å². The minimum Gasteiger partial charge on any atom is -0.550 e. The zero-order valence-electron chi connectivity index (χ0n) is 14.3. The van der Waals surface area contributed by atoms with Gasteiger partial charge in [0.2, 0.25) is 5.91 Å². The molecule has 1 aromatic rings. The fourth-order valence-corrected chi connectivity index (χ4v) is 3.42. The predicted octanol–water partition coefficient (Wildman–Crippen LogP) is 1.60. The molecule has 1 amide bonds. The van der Waals surface area contributed by atoms with E-state index >= 15 is 0 Å². The largest absolute Gasteiger partial charge is 0.550 e. The summed E-state index contributed by atoms with van der Waals surface area (Å²) in [5.74, 6) is -2.48. The maximum atomic E-state index is 12.7. The highest BCUT2D eigenvalue weighted by Gasteiger charge is 2.54. The van der Waals surface area contributed by atoms with E-state index in [4.69, 9.17) is 4.74 Å². The topological polar surface area (TPSA) is 95.5 Å². The molecule has 0 aliphatic heterocycles. The van der Waals surface area contributed by atoms with Crippen LogP contribution in [-0.4, -0.2) is 25.0 Å². The van der Waals surface area contributed by atoms with Crippen LogP contribution < -0.4 is 10.4 Å². The van der Waals surface area contributed by atoms with Gasteiger partial charge in [-0.1, -0.05) is 32.9 Å². The van der Waals surface area contributed by atoms with Gasteiger partial charge in [0.1, 0.15) is 0 Å². The van der Waals surface area contributed by atoms with Gasteiger partial charge in [0.25, 0.3) is 0 Å². The van der Waals surface area contributed by atoms with E-state index in [1.807, 2.05) is 0 Å². The summed E-state index contributed by atoms with van der Waals surface area (Å²) in [6.45, 7) is 5.16. The molecule has 0 radical (unpaired) electrons. The molecule has 1 aliphatic carbocycles. The quantitative estimate of drug-likeness (QED) is 0.845. The number of carbonyl (C=O) groups is 3. The standard InChI is InChI=1S/C18H23NO5/c1-17(2)12(9-10-18(17,3)16(22)23)14(20)19-13-8-6-5-7-11(13)15(21)24-4/h5-8,12H,9-10H2,1-4H3,(H,19,20)(H,22,23)/p-1/t12-,18-/m1/s1. The van der Waals surface area contributed by atoms with Crippen molar-refractivity contribution < 1.29 is 24.2 Å². The van der Waals surface area contributed by atoms with Crippen LogP contribution in [0.5, 0.6) is 0 Å². The molecule has 6 nitrogen and oxygen atoms in total. The fraction of sp³-hybridized carbons (Fsp3) is 0.500. The van der Waals surface area contributed by atoms with Crippen molar-refractivity contribution in [1.29, 1.82) is 0 Å². The number of rotatable bonds is 4. The third-order valence-corrected chi connectivity index (χ3v) is 5.58. The summed E-state index contributed by atoms with van der Waals surface area (Å²) in [7, 11) is 1.27. The Morgan fingerprint density at radius 3 is 2.38 bits per heavy atom. The lowest BCUT2D eigenvalue weighted by atomic mass is 9.65. The lowest BCUT2D eigenvalue weighted by Gasteiger charge is -2.41. The first kappa shape index (κ1) is 18.0. The molecule has 0 unspecified atom stereocenters. The van der Waals surface area contributed by atoms with E-state index in [1.54, 1.807) is 45.0 Å². The molecule has 1 aromatic carbocycles. The minimum absolute atomic E-state index is 0.256. The number of anilines is 1. The second-order valence-corrected chi connectivity index (χ2v) is 6.96. The molecule has 24 heavy (non-hydrogen) atoms. The average molecular weight is 332 g/mol. The van der Waals surface area contributed by atoms with E-state index in [-0.39, 0.29) is 11.5 Å². The number of methoxy groups -OCH3 is 1. The molecule has 0 spiro atoms. The molecule has 2 atom stereocenters. The number of hydrogen-bond donors (Lipinski definition) is 1. The molecule has 130 valence electrons. The van der Waals surface area contributed by atoms with Crippen molar-refractivity contribution in [3.63, 3.8) is 0 Å². The maximum absolute atomic E-state index is 12.7. The van der Waals surface area contributed by atoms with Crippen molar-refractivity contribution in [2.24, 2.45) is 16.7 Å². The molecule has 1 aliphatic rings. The Balaban J connectivity index is 2.26. The highest BCUT2D eigenvalue weighted by Crippen LogP contribution is 2.55. The summed E-state index contributed by atoms with van der Waals surface area (Å²) in [5.41, 5.74) is -1.23. The Kier molecular flexibility index (Phi) is 4.69.